The summed E-state index contributed by atoms with van der Waals surface area (Å²) in [5, 5.41) is 5.88. The van der Waals surface area contributed by atoms with E-state index >= 15 is 0 Å². The number of nitrogens with zero attached hydrogens (tertiary/aromatic N) is 3. The summed E-state index contributed by atoms with van der Waals surface area (Å²) in [6.07, 6.45) is 0. The molecule has 0 fully saturated rings. The Labute approximate surface area is 319 Å². The van der Waals surface area contributed by atoms with Gasteiger partial charge < -0.3 is 0 Å². The standard InChI is InChI=1S/C49H39N3Si2/c1-53(2)43-26-16-14-24-35(43)39-28-41(37(30-45(39)53)32-18-8-5-9-19-32)48-50-47(34-22-12-7-13-23-34)51-49(52-48)42-29-40-36-25-15-17-27-44(36)54(3,4)46(40)31-38(42)33-20-10-6-11-21-33/h5-31H,1-4H3. The van der Waals surface area contributed by atoms with Crippen molar-refractivity contribution in [1.29, 1.82) is 0 Å². The molecule has 10 rings (SSSR count). The van der Waals surface area contributed by atoms with Gasteiger partial charge >= 0.3 is 0 Å². The first-order valence-electron chi connectivity index (χ1n) is 18.8. The zero-order valence-corrected chi connectivity index (χ0v) is 32.9. The van der Waals surface area contributed by atoms with Crippen molar-refractivity contribution in [3.05, 3.63) is 164 Å². The van der Waals surface area contributed by atoms with Gasteiger partial charge in [0.05, 0.1) is 0 Å². The monoisotopic (exact) mass is 725 g/mol. The maximum absolute atomic E-state index is 5.51. The van der Waals surface area contributed by atoms with Gasteiger partial charge in [0.1, 0.15) is 16.1 Å². The van der Waals surface area contributed by atoms with Gasteiger partial charge in [-0.1, -0.05) is 178 Å². The average Bonchev–Trinajstić information content (AvgIpc) is 3.59. The first-order valence-corrected chi connectivity index (χ1v) is 24.8. The minimum atomic E-state index is -1.94. The molecule has 3 nitrogen and oxygen atoms in total. The molecule has 8 aromatic rings. The second kappa shape index (κ2) is 12.3. The molecule has 3 heterocycles. The van der Waals surface area contributed by atoms with E-state index in [1.165, 1.54) is 43.0 Å². The van der Waals surface area contributed by atoms with Gasteiger partial charge in [0.15, 0.2) is 17.5 Å². The Kier molecular flexibility index (Phi) is 7.41. The topological polar surface area (TPSA) is 38.7 Å². The summed E-state index contributed by atoms with van der Waals surface area (Å²) in [5.41, 5.74) is 12.9. The normalized spacial score (nSPS) is 14.2. The van der Waals surface area contributed by atoms with Crippen LogP contribution < -0.4 is 20.7 Å². The van der Waals surface area contributed by atoms with Crippen LogP contribution in [-0.4, -0.2) is 31.1 Å². The number of hydrogen-bond donors (Lipinski definition) is 0. The lowest BCUT2D eigenvalue weighted by atomic mass is 9.93. The Balaban J connectivity index is 1.28. The predicted molar refractivity (Wildman–Crippen MR) is 231 cm³/mol. The molecule has 0 saturated carbocycles. The Morgan fingerprint density at radius 3 is 1.06 bits per heavy atom. The number of aromatic nitrogens is 3. The van der Waals surface area contributed by atoms with E-state index in [9.17, 15) is 0 Å². The van der Waals surface area contributed by atoms with Crippen molar-refractivity contribution in [2.24, 2.45) is 0 Å². The van der Waals surface area contributed by atoms with E-state index in [4.69, 9.17) is 15.0 Å². The van der Waals surface area contributed by atoms with E-state index in [2.05, 4.69) is 184 Å². The molecule has 5 heteroatoms. The van der Waals surface area contributed by atoms with Gasteiger partial charge in [-0.3, -0.25) is 0 Å². The fraction of sp³-hybridized carbons (Fsp3) is 0.0816. The third-order valence-electron chi connectivity index (χ3n) is 11.8. The quantitative estimate of drug-likeness (QED) is 0.166. The van der Waals surface area contributed by atoms with Crippen molar-refractivity contribution in [3.63, 3.8) is 0 Å². The maximum atomic E-state index is 5.51. The highest BCUT2D eigenvalue weighted by Gasteiger charge is 2.40. The number of hydrogen-bond acceptors (Lipinski definition) is 3. The molecule has 2 aliphatic heterocycles. The zero-order valence-electron chi connectivity index (χ0n) is 30.9. The summed E-state index contributed by atoms with van der Waals surface area (Å²) in [7, 11) is -3.88. The van der Waals surface area contributed by atoms with E-state index in [0.717, 1.165) is 38.9 Å². The van der Waals surface area contributed by atoms with Gasteiger partial charge in [-0.2, -0.15) is 0 Å². The van der Waals surface area contributed by atoms with Crippen molar-refractivity contribution in [3.8, 4) is 78.7 Å². The molecule has 0 N–H and O–H groups in total. The second-order valence-corrected chi connectivity index (χ2v) is 24.3. The minimum Gasteiger partial charge on any atom is -0.208 e. The summed E-state index contributed by atoms with van der Waals surface area (Å²) in [6, 6.07) is 59.4. The molecular weight excluding hydrogens is 687 g/mol. The molecule has 0 radical (unpaired) electrons. The van der Waals surface area contributed by atoms with Crippen LogP contribution in [0.3, 0.4) is 0 Å². The highest BCUT2D eigenvalue weighted by Crippen LogP contribution is 2.41. The van der Waals surface area contributed by atoms with Crippen molar-refractivity contribution < 1.29 is 0 Å². The number of fused-ring (bicyclic) bond motifs is 6. The van der Waals surface area contributed by atoms with Crippen molar-refractivity contribution in [2.45, 2.75) is 26.2 Å². The highest BCUT2D eigenvalue weighted by molar-refractivity contribution is 7.04. The van der Waals surface area contributed by atoms with E-state index in [-0.39, 0.29) is 0 Å². The Morgan fingerprint density at radius 1 is 0.278 bits per heavy atom. The number of rotatable bonds is 5. The Morgan fingerprint density at radius 2 is 0.630 bits per heavy atom. The van der Waals surface area contributed by atoms with Crippen LogP contribution in [0.5, 0.6) is 0 Å². The van der Waals surface area contributed by atoms with E-state index < -0.39 is 16.1 Å². The first kappa shape index (κ1) is 32.6. The summed E-state index contributed by atoms with van der Waals surface area (Å²) < 4.78 is 0. The van der Waals surface area contributed by atoms with Crippen LogP contribution in [0.2, 0.25) is 26.2 Å². The fourth-order valence-electron chi connectivity index (χ4n) is 8.91. The van der Waals surface area contributed by atoms with Crippen LogP contribution in [0.4, 0.5) is 0 Å². The van der Waals surface area contributed by atoms with E-state index in [0.29, 0.717) is 17.5 Å². The molecule has 0 unspecified atom stereocenters. The van der Waals surface area contributed by atoms with Gasteiger partial charge in [0.2, 0.25) is 0 Å². The largest absolute Gasteiger partial charge is 0.208 e. The van der Waals surface area contributed by atoms with E-state index in [1.54, 1.807) is 0 Å². The third kappa shape index (κ3) is 5.03. The molecule has 0 atom stereocenters. The van der Waals surface area contributed by atoms with Gasteiger partial charge in [0, 0.05) is 16.7 Å². The van der Waals surface area contributed by atoms with Crippen LogP contribution in [0.15, 0.2) is 164 Å². The fourth-order valence-corrected chi connectivity index (χ4v) is 15.1. The Hall–Kier alpha value is -6.02. The number of benzene rings is 7. The molecule has 2 aliphatic rings. The van der Waals surface area contributed by atoms with Crippen molar-refractivity contribution in [1.82, 2.24) is 15.0 Å². The van der Waals surface area contributed by atoms with Gasteiger partial charge in [0.25, 0.3) is 0 Å². The average molecular weight is 726 g/mol. The lowest BCUT2D eigenvalue weighted by Crippen LogP contribution is -2.49. The lowest BCUT2D eigenvalue weighted by Gasteiger charge is -2.21. The van der Waals surface area contributed by atoms with Crippen LogP contribution in [0, 0.1) is 0 Å². The van der Waals surface area contributed by atoms with Crippen LogP contribution in [-0.2, 0) is 0 Å². The molecule has 0 spiro atoms. The smallest absolute Gasteiger partial charge is 0.164 e. The summed E-state index contributed by atoms with van der Waals surface area (Å²) >= 11 is 0. The van der Waals surface area contributed by atoms with E-state index in [1.807, 2.05) is 6.07 Å². The van der Waals surface area contributed by atoms with Crippen LogP contribution in [0.25, 0.3) is 78.7 Å². The summed E-state index contributed by atoms with van der Waals surface area (Å²) in [5.74, 6) is 2.03. The highest BCUT2D eigenvalue weighted by atomic mass is 28.3. The minimum absolute atomic E-state index is 0.667. The zero-order chi connectivity index (χ0) is 36.6. The van der Waals surface area contributed by atoms with Crippen LogP contribution in [0.1, 0.15) is 0 Å². The van der Waals surface area contributed by atoms with Gasteiger partial charge in [-0.15, -0.1) is 0 Å². The van der Waals surface area contributed by atoms with Crippen molar-refractivity contribution >= 4 is 36.9 Å². The molecule has 0 saturated heterocycles. The summed E-state index contributed by atoms with van der Waals surface area (Å²) in [4.78, 5) is 16.2. The second-order valence-electron chi connectivity index (χ2n) is 15.6. The molecule has 0 bridgehead atoms. The van der Waals surface area contributed by atoms with Crippen molar-refractivity contribution in [2.75, 3.05) is 0 Å². The lowest BCUT2D eigenvalue weighted by molar-refractivity contribution is 1.08. The molecule has 54 heavy (non-hydrogen) atoms. The molecule has 7 aromatic carbocycles. The predicted octanol–water partition coefficient (Wildman–Crippen LogP) is 9.81. The van der Waals surface area contributed by atoms with Crippen LogP contribution >= 0.6 is 0 Å². The van der Waals surface area contributed by atoms with Gasteiger partial charge in [-0.25, -0.2) is 15.0 Å². The third-order valence-corrected chi connectivity index (χ3v) is 18.8. The molecule has 258 valence electrons. The molecule has 1 aromatic heterocycles. The molecule has 0 amide bonds. The first-order chi connectivity index (χ1) is 26.3. The maximum Gasteiger partial charge on any atom is 0.164 e. The van der Waals surface area contributed by atoms with Gasteiger partial charge in [-0.05, 0) is 77.4 Å². The molecule has 0 aliphatic carbocycles. The Bertz CT molecular complexity index is 2590. The SMILES string of the molecule is C[Si]1(C)c2ccccc2-c2cc(-c3nc(-c4ccccc4)nc(-c4cc5c(cc4-c4ccccc4)[Si](C)(C)c4ccccc4-5)n3)c(-c3ccccc3)cc21. The molecular formula is C49H39N3Si2. The summed E-state index contributed by atoms with van der Waals surface area (Å²) in [6.45, 7) is 9.90.